The quantitative estimate of drug-likeness (QED) is 0.579. The Kier molecular flexibility index (Phi) is 6.59. The normalized spacial score (nSPS) is 28.0. The molecule has 6 rings (SSSR count). The summed E-state index contributed by atoms with van der Waals surface area (Å²) in [5.41, 5.74) is 2.08. The van der Waals surface area contributed by atoms with Gasteiger partial charge >= 0.3 is 6.18 Å². The van der Waals surface area contributed by atoms with Crippen molar-refractivity contribution in [2.24, 2.45) is 11.8 Å². The molecule has 2 aliphatic heterocycles. The van der Waals surface area contributed by atoms with E-state index >= 15 is 0 Å². The maximum absolute atomic E-state index is 14.2. The summed E-state index contributed by atoms with van der Waals surface area (Å²) in [5, 5.41) is 14.3. The molecule has 8 nitrogen and oxygen atoms in total. The number of fused-ring (bicyclic) bond motifs is 3. The summed E-state index contributed by atoms with van der Waals surface area (Å²) in [4.78, 5) is 31.7. The first-order chi connectivity index (χ1) is 19.0. The molecule has 2 aromatic rings. The van der Waals surface area contributed by atoms with Gasteiger partial charge in [0.15, 0.2) is 5.69 Å². The van der Waals surface area contributed by atoms with Gasteiger partial charge in [-0.25, -0.2) is 4.39 Å². The monoisotopic (exact) mass is 563 g/mol. The highest BCUT2D eigenvalue weighted by Gasteiger charge is 2.56. The van der Waals surface area contributed by atoms with Crippen molar-refractivity contribution >= 4 is 17.5 Å². The number of nitrogens with zero attached hydrogens (tertiary/aromatic N) is 5. The third-order valence-corrected chi connectivity index (χ3v) is 9.29. The van der Waals surface area contributed by atoms with Gasteiger partial charge in [0.1, 0.15) is 12.7 Å². The third-order valence-electron chi connectivity index (χ3n) is 9.29. The van der Waals surface area contributed by atoms with Crippen LogP contribution in [0.15, 0.2) is 18.2 Å². The molecular weight excluding hydrogens is 530 g/mol. The van der Waals surface area contributed by atoms with Crippen LogP contribution in [-0.2, 0) is 23.9 Å². The van der Waals surface area contributed by atoms with E-state index in [0.29, 0.717) is 43.7 Å². The van der Waals surface area contributed by atoms with Gasteiger partial charge in [0, 0.05) is 49.7 Å². The van der Waals surface area contributed by atoms with Crippen molar-refractivity contribution in [3.8, 4) is 0 Å². The lowest BCUT2D eigenvalue weighted by Gasteiger charge is -2.37. The minimum atomic E-state index is -4.43. The first kappa shape index (κ1) is 27.0. The highest BCUT2D eigenvalue weighted by atomic mass is 19.4. The van der Waals surface area contributed by atoms with Crippen molar-refractivity contribution in [1.82, 2.24) is 19.6 Å². The number of rotatable bonds is 4. The summed E-state index contributed by atoms with van der Waals surface area (Å²) in [5.74, 6) is 0.535. The molecule has 1 aromatic heterocycles. The second-order valence-corrected chi connectivity index (χ2v) is 11.6. The van der Waals surface area contributed by atoms with Crippen LogP contribution < -0.4 is 4.90 Å². The van der Waals surface area contributed by atoms with Crippen LogP contribution in [0.3, 0.4) is 0 Å². The molecular formula is C28H33F4N5O3. The fraction of sp³-hybridized carbons (Fsp3) is 0.607. The maximum Gasteiger partial charge on any atom is 0.416 e. The number of hydrogen-bond acceptors (Lipinski definition) is 5. The van der Waals surface area contributed by atoms with E-state index in [0.717, 1.165) is 23.7 Å². The van der Waals surface area contributed by atoms with Gasteiger partial charge in [-0.2, -0.15) is 18.3 Å². The van der Waals surface area contributed by atoms with Gasteiger partial charge in [-0.1, -0.05) is 13.0 Å². The number of piperazine rings is 1. The Morgan fingerprint density at radius 2 is 1.82 bits per heavy atom. The molecule has 2 amide bonds. The van der Waals surface area contributed by atoms with Crippen LogP contribution in [0.2, 0.25) is 0 Å². The average Bonchev–Trinajstić information content (AvgIpc) is 3.22. The molecule has 1 N–H and O–H groups in total. The van der Waals surface area contributed by atoms with Crippen LogP contribution in [0, 0.1) is 18.8 Å². The molecule has 1 aromatic carbocycles. The molecule has 0 bridgehead atoms. The molecule has 3 fully saturated rings. The van der Waals surface area contributed by atoms with E-state index in [4.69, 9.17) is 0 Å². The molecule has 0 spiro atoms. The van der Waals surface area contributed by atoms with E-state index in [1.165, 1.54) is 17.9 Å². The van der Waals surface area contributed by atoms with Crippen LogP contribution in [0.25, 0.3) is 0 Å². The van der Waals surface area contributed by atoms with Gasteiger partial charge in [0.05, 0.1) is 18.2 Å². The molecule has 2 saturated heterocycles. The Morgan fingerprint density at radius 1 is 1.10 bits per heavy atom. The first-order valence-corrected chi connectivity index (χ1v) is 13.9. The topological polar surface area (TPSA) is 81.9 Å². The Morgan fingerprint density at radius 3 is 2.50 bits per heavy atom. The van der Waals surface area contributed by atoms with Crippen LogP contribution in [0.4, 0.5) is 23.2 Å². The number of aliphatic hydroxyl groups is 1. The standard InChI is InChI=1S/C28H33F4N5O3/c1-15-17-12-21-25(24(15)17)26(27(40)36-7-6-22(38)19(29)13-36)33-37(21)14-23(39)35-10-8-34(9-11-35)20-5-3-4-18(16(20)2)28(30,31)32/h3-5,15,17,19,22,24,38H,6-14H2,1-2H3/t15?,17?,19-,22+,24?/m0/s1. The van der Waals surface area contributed by atoms with Gasteiger partial charge in [-0.05, 0) is 55.2 Å². The minimum absolute atomic E-state index is 0.0313. The number of halogens is 4. The van der Waals surface area contributed by atoms with Crippen molar-refractivity contribution in [2.75, 3.05) is 44.2 Å². The fourth-order valence-electron chi connectivity index (χ4n) is 6.85. The summed E-state index contributed by atoms with van der Waals surface area (Å²) in [7, 11) is 0. The largest absolute Gasteiger partial charge is 0.416 e. The Bertz CT molecular complexity index is 1340. The predicted molar refractivity (Wildman–Crippen MR) is 138 cm³/mol. The smallest absolute Gasteiger partial charge is 0.390 e. The van der Waals surface area contributed by atoms with E-state index in [9.17, 15) is 32.3 Å². The summed E-state index contributed by atoms with van der Waals surface area (Å²) in [6, 6.07) is 4.16. The Hall–Kier alpha value is -3.15. The molecule has 1 saturated carbocycles. The SMILES string of the molecule is Cc1c(N2CCN(C(=O)Cn3nc(C(=O)N4CC[C@@H](O)[C@@H](F)C4)c4c3CC3C(C)C43)CC2)cccc1C(F)(F)F. The number of hydrogen-bond donors (Lipinski definition) is 1. The third kappa shape index (κ3) is 4.53. The highest BCUT2D eigenvalue weighted by Crippen LogP contribution is 2.62. The van der Waals surface area contributed by atoms with Crippen LogP contribution >= 0.6 is 0 Å². The van der Waals surface area contributed by atoms with Crippen LogP contribution in [-0.4, -0.2) is 88.0 Å². The number of anilines is 1. The minimum Gasteiger partial charge on any atom is -0.390 e. The Labute approximate surface area is 229 Å². The molecule has 216 valence electrons. The second-order valence-electron chi connectivity index (χ2n) is 11.6. The number of amides is 2. The summed E-state index contributed by atoms with van der Waals surface area (Å²) in [6.07, 6.45) is -6.09. The van der Waals surface area contributed by atoms with Crippen molar-refractivity contribution in [3.63, 3.8) is 0 Å². The molecule has 3 unspecified atom stereocenters. The highest BCUT2D eigenvalue weighted by molar-refractivity contribution is 5.95. The lowest BCUT2D eigenvalue weighted by Crippen LogP contribution is -2.50. The van der Waals surface area contributed by atoms with Gasteiger partial charge in [0.25, 0.3) is 5.91 Å². The van der Waals surface area contributed by atoms with Crippen LogP contribution in [0.5, 0.6) is 0 Å². The van der Waals surface area contributed by atoms with E-state index in [1.807, 2.05) is 4.90 Å². The first-order valence-electron chi connectivity index (χ1n) is 13.9. The van der Waals surface area contributed by atoms with Crippen molar-refractivity contribution in [2.45, 2.75) is 57.6 Å². The number of carbonyl (C=O) groups excluding carboxylic acids is 2. The molecule has 5 atom stereocenters. The second kappa shape index (κ2) is 9.74. The molecule has 4 aliphatic rings. The molecule has 2 aliphatic carbocycles. The number of aromatic nitrogens is 2. The van der Waals surface area contributed by atoms with E-state index < -0.39 is 24.0 Å². The zero-order valence-electron chi connectivity index (χ0n) is 22.5. The number of carbonyl (C=O) groups is 2. The number of likely N-dealkylation sites (tertiary alicyclic amines) is 1. The lowest BCUT2D eigenvalue weighted by molar-refractivity contribution is -0.138. The van der Waals surface area contributed by atoms with Crippen LogP contribution in [0.1, 0.15) is 52.1 Å². The van der Waals surface area contributed by atoms with Gasteiger partial charge in [0.2, 0.25) is 5.91 Å². The summed E-state index contributed by atoms with van der Waals surface area (Å²) in [6.45, 7) is 5.17. The molecule has 40 heavy (non-hydrogen) atoms. The molecule has 0 radical (unpaired) electrons. The van der Waals surface area contributed by atoms with Crippen molar-refractivity contribution < 1.29 is 32.3 Å². The number of alkyl halides is 4. The van der Waals surface area contributed by atoms with E-state index in [2.05, 4.69) is 12.0 Å². The van der Waals surface area contributed by atoms with Gasteiger partial charge in [-0.15, -0.1) is 0 Å². The predicted octanol–water partition coefficient (Wildman–Crippen LogP) is 3.01. The summed E-state index contributed by atoms with van der Waals surface area (Å²) >= 11 is 0. The van der Waals surface area contributed by atoms with Gasteiger partial charge < -0.3 is 19.8 Å². The van der Waals surface area contributed by atoms with Gasteiger partial charge in [-0.3, -0.25) is 14.3 Å². The molecule has 3 heterocycles. The Balaban J connectivity index is 1.15. The van der Waals surface area contributed by atoms with Crippen molar-refractivity contribution in [1.29, 1.82) is 0 Å². The fourth-order valence-corrected chi connectivity index (χ4v) is 6.85. The lowest BCUT2D eigenvalue weighted by atomic mass is 10.0. The maximum atomic E-state index is 14.2. The summed E-state index contributed by atoms with van der Waals surface area (Å²) < 4.78 is 55.9. The average molecular weight is 564 g/mol. The zero-order chi connectivity index (χ0) is 28.5. The number of piperidine rings is 1. The van der Waals surface area contributed by atoms with E-state index in [-0.39, 0.29) is 55.0 Å². The van der Waals surface area contributed by atoms with Crippen molar-refractivity contribution in [3.05, 3.63) is 46.3 Å². The molecule has 12 heteroatoms. The number of aliphatic hydroxyl groups excluding tert-OH is 1. The van der Waals surface area contributed by atoms with E-state index in [1.54, 1.807) is 15.6 Å². The number of benzene rings is 1. The zero-order valence-corrected chi connectivity index (χ0v) is 22.5.